The third-order valence-corrected chi connectivity index (χ3v) is 7.25. The lowest BCUT2D eigenvalue weighted by molar-refractivity contribution is 0.135. The van der Waals surface area contributed by atoms with Gasteiger partial charge in [0.1, 0.15) is 0 Å². The Morgan fingerprint density at radius 2 is 2.05 bits per heavy atom. The summed E-state index contributed by atoms with van der Waals surface area (Å²) in [5.41, 5.74) is 6.04. The highest BCUT2D eigenvalue weighted by atomic mass is 15.3. The minimum Gasteiger partial charge on any atom is -0.296 e. The number of hydrogen-bond donors (Lipinski definition) is 0. The summed E-state index contributed by atoms with van der Waals surface area (Å²) in [7, 11) is 0. The molecule has 3 aliphatic carbocycles. The van der Waals surface area contributed by atoms with E-state index < -0.39 is 0 Å². The Bertz CT molecular complexity index is 587. The van der Waals surface area contributed by atoms with Crippen molar-refractivity contribution in [2.75, 3.05) is 6.54 Å². The summed E-state index contributed by atoms with van der Waals surface area (Å²) >= 11 is 0. The van der Waals surface area contributed by atoms with Gasteiger partial charge >= 0.3 is 0 Å². The van der Waals surface area contributed by atoms with Gasteiger partial charge in [0.05, 0.1) is 0 Å². The van der Waals surface area contributed by atoms with Crippen molar-refractivity contribution < 1.29 is 0 Å². The van der Waals surface area contributed by atoms with E-state index in [2.05, 4.69) is 36.9 Å². The maximum absolute atomic E-state index is 2.93. The third-order valence-electron chi connectivity index (χ3n) is 7.25. The van der Waals surface area contributed by atoms with Crippen LogP contribution in [0.4, 0.5) is 0 Å². The molecular formula is C19H25N. The molecule has 1 heteroatoms. The van der Waals surface area contributed by atoms with Crippen LogP contribution in [0.5, 0.6) is 0 Å². The molecule has 1 aromatic carbocycles. The van der Waals surface area contributed by atoms with Crippen LogP contribution in [-0.2, 0) is 11.8 Å². The minimum absolute atomic E-state index is 0.485. The molecule has 5 rings (SSSR count). The van der Waals surface area contributed by atoms with Crippen LogP contribution in [0.2, 0.25) is 0 Å². The highest BCUT2D eigenvalue weighted by Gasteiger charge is 2.67. The molecule has 3 atom stereocenters. The number of fused-ring (bicyclic) bond motifs is 1. The molecule has 4 aliphatic rings. The van der Waals surface area contributed by atoms with E-state index in [1.54, 1.807) is 16.7 Å². The molecule has 0 radical (unpaired) electrons. The smallest absolute Gasteiger partial charge is 0.0202 e. The third kappa shape index (κ3) is 1.16. The Hall–Kier alpha value is -0.820. The van der Waals surface area contributed by atoms with Crippen molar-refractivity contribution in [3.05, 3.63) is 34.9 Å². The van der Waals surface area contributed by atoms with Crippen LogP contribution >= 0.6 is 0 Å². The van der Waals surface area contributed by atoms with Crippen LogP contribution in [0.3, 0.4) is 0 Å². The summed E-state index contributed by atoms with van der Waals surface area (Å²) in [6, 6.07) is 8.81. The van der Waals surface area contributed by atoms with Gasteiger partial charge in [0, 0.05) is 24.0 Å². The molecule has 1 nitrogen and oxygen atoms in total. The molecule has 20 heavy (non-hydrogen) atoms. The monoisotopic (exact) mass is 267 g/mol. The van der Waals surface area contributed by atoms with Crippen LogP contribution < -0.4 is 0 Å². The summed E-state index contributed by atoms with van der Waals surface area (Å²) < 4.78 is 0. The van der Waals surface area contributed by atoms with E-state index in [9.17, 15) is 0 Å². The number of nitrogens with zero attached hydrogens (tertiary/aromatic N) is 1. The minimum atomic E-state index is 0.485. The Balaban J connectivity index is 1.76. The van der Waals surface area contributed by atoms with Crippen LogP contribution in [0.1, 0.15) is 55.7 Å². The predicted molar refractivity (Wildman–Crippen MR) is 82.0 cm³/mol. The Morgan fingerprint density at radius 3 is 2.85 bits per heavy atom. The molecule has 1 heterocycles. The quantitative estimate of drug-likeness (QED) is 0.747. The van der Waals surface area contributed by atoms with E-state index in [0.29, 0.717) is 10.8 Å². The van der Waals surface area contributed by atoms with Gasteiger partial charge < -0.3 is 0 Å². The van der Waals surface area contributed by atoms with Gasteiger partial charge in [-0.25, -0.2) is 0 Å². The van der Waals surface area contributed by atoms with Crippen molar-refractivity contribution in [3.63, 3.8) is 0 Å². The average Bonchev–Trinajstić information content (AvgIpc) is 3.16. The fraction of sp³-hybridized carbons (Fsp3) is 0.684. The molecule has 2 bridgehead atoms. The molecule has 1 aromatic rings. The highest BCUT2D eigenvalue weighted by Crippen LogP contribution is 2.66. The van der Waals surface area contributed by atoms with Crippen LogP contribution in [0, 0.1) is 12.3 Å². The number of benzene rings is 1. The first-order valence-corrected chi connectivity index (χ1v) is 8.50. The fourth-order valence-electron chi connectivity index (χ4n) is 6.23. The van der Waals surface area contributed by atoms with Gasteiger partial charge in [0.15, 0.2) is 0 Å². The van der Waals surface area contributed by atoms with Gasteiger partial charge in [-0.1, -0.05) is 31.5 Å². The summed E-state index contributed by atoms with van der Waals surface area (Å²) in [6.07, 6.45) is 8.55. The maximum Gasteiger partial charge on any atom is 0.0202 e. The summed E-state index contributed by atoms with van der Waals surface area (Å²) in [5, 5.41) is 0. The van der Waals surface area contributed by atoms with E-state index in [1.165, 1.54) is 45.1 Å². The molecule has 0 spiro atoms. The topological polar surface area (TPSA) is 3.24 Å². The van der Waals surface area contributed by atoms with E-state index in [4.69, 9.17) is 0 Å². The van der Waals surface area contributed by atoms with Gasteiger partial charge in [0.25, 0.3) is 0 Å². The second kappa shape index (κ2) is 3.50. The standard InChI is InChI=1S/C19H25N/c1-13-5-3-6-14-11-16-18(2)9-4-10-19(18,17(13)14)12-20(16)15-7-8-15/h3,5-6,15-16H,4,7-12H2,1-2H3. The molecule has 3 fully saturated rings. The second-order valence-corrected chi connectivity index (χ2v) is 8.09. The van der Waals surface area contributed by atoms with E-state index in [-0.39, 0.29) is 0 Å². The normalized spacial score (nSPS) is 42.6. The van der Waals surface area contributed by atoms with E-state index in [1.807, 2.05) is 0 Å². The fourth-order valence-corrected chi connectivity index (χ4v) is 6.23. The van der Waals surface area contributed by atoms with Gasteiger partial charge in [-0.15, -0.1) is 0 Å². The van der Waals surface area contributed by atoms with Crippen molar-refractivity contribution in [1.82, 2.24) is 4.90 Å². The van der Waals surface area contributed by atoms with Gasteiger partial charge in [-0.2, -0.15) is 0 Å². The Morgan fingerprint density at radius 1 is 1.20 bits per heavy atom. The zero-order valence-electron chi connectivity index (χ0n) is 12.8. The number of hydrogen-bond acceptors (Lipinski definition) is 1. The average molecular weight is 267 g/mol. The van der Waals surface area contributed by atoms with Gasteiger partial charge in [-0.05, 0) is 61.1 Å². The molecule has 1 aliphatic heterocycles. The lowest BCUT2D eigenvalue weighted by Gasteiger charge is -2.47. The molecule has 106 valence electrons. The highest BCUT2D eigenvalue weighted by molar-refractivity contribution is 5.50. The van der Waals surface area contributed by atoms with Crippen molar-refractivity contribution in [2.24, 2.45) is 5.41 Å². The first-order valence-electron chi connectivity index (χ1n) is 8.50. The molecule has 2 saturated carbocycles. The second-order valence-electron chi connectivity index (χ2n) is 8.09. The molecule has 0 N–H and O–H groups in total. The number of rotatable bonds is 1. The first-order chi connectivity index (χ1) is 9.66. The first kappa shape index (κ1) is 11.8. The lowest BCUT2D eigenvalue weighted by Crippen LogP contribution is -2.48. The van der Waals surface area contributed by atoms with Gasteiger partial charge in [-0.3, -0.25) is 4.90 Å². The largest absolute Gasteiger partial charge is 0.296 e. The molecule has 0 aromatic heterocycles. The van der Waals surface area contributed by atoms with Crippen LogP contribution in [-0.4, -0.2) is 23.5 Å². The zero-order valence-corrected chi connectivity index (χ0v) is 12.8. The van der Waals surface area contributed by atoms with Gasteiger partial charge in [0.2, 0.25) is 0 Å². The summed E-state index contributed by atoms with van der Waals surface area (Å²) in [5.74, 6) is 0. The van der Waals surface area contributed by atoms with Crippen LogP contribution in [0.15, 0.2) is 18.2 Å². The van der Waals surface area contributed by atoms with Crippen molar-refractivity contribution >= 4 is 0 Å². The van der Waals surface area contributed by atoms with E-state index >= 15 is 0 Å². The molecule has 0 amide bonds. The Labute approximate surface area is 122 Å². The molecule has 3 unspecified atom stereocenters. The van der Waals surface area contributed by atoms with Crippen molar-refractivity contribution in [2.45, 2.75) is 69.9 Å². The lowest BCUT2D eigenvalue weighted by atomic mass is 9.56. The van der Waals surface area contributed by atoms with Crippen LogP contribution in [0.25, 0.3) is 0 Å². The Kier molecular flexibility index (Phi) is 2.06. The summed E-state index contributed by atoms with van der Waals surface area (Å²) in [6.45, 7) is 6.34. The molecular weight excluding hydrogens is 242 g/mol. The molecule has 1 saturated heterocycles. The predicted octanol–water partition coefficient (Wildman–Crippen LogP) is 3.83. The van der Waals surface area contributed by atoms with Crippen molar-refractivity contribution in [3.8, 4) is 0 Å². The van der Waals surface area contributed by atoms with Crippen molar-refractivity contribution in [1.29, 1.82) is 0 Å². The number of likely N-dealkylation sites (tertiary alicyclic amines) is 1. The number of aryl methyl sites for hydroxylation is 1. The zero-order chi connectivity index (χ0) is 13.5. The maximum atomic E-state index is 2.93. The SMILES string of the molecule is Cc1cccc2c1C13CCCC1(C)C(C2)N(C1CC1)C3. The summed E-state index contributed by atoms with van der Waals surface area (Å²) in [4.78, 5) is 2.93. The van der Waals surface area contributed by atoms with E-state index in [0.717, 1.165) is 12.1 Å².